The lowest BCUT2D eigenvalue weighted by atomic mass is 10.4. The van der Waals surface area contributed by atoms with Crippen molar-refractivity contribution in [1.82, 2.24) is 0 Å². The third kappa shape index (κ3) is 2.86. The summed E-state index contributed by atoms with van der Waals surface area (Å²) in [6.45, 7) is 0.477. The van der Waals surface area contributed by atoms with Gasteiger partial charge in [-0.2, -0.15) is 0 Å². The van der Waals surface area contributed by atoms with E-state index in [9.17, 15) is 4.21 Å². The summed E-state index contributed by atoms with van der Waals surface area (Å²) in [7, 11) is -0.834. The van der Waals surface area contributed by atoms with Crippen LogP contribution in [0.4, 0.5) is 0 Å². The van der Waals surface area contributed by atoms with Crippen molar-refractivity contribution >= 4 is 10.8 Å². The molecule has 0 spiro atoms. The fourth-order valence-electron chi connectivity index (χ4n) is 0.764. The van der Waals surface area contributed by atoms with Gasteiger partial charge >= 0.3 is 0 Å². The van der Waals surface area contributed by atoms with E-state index in [0.29, 0.717) is 18.1 Å². The first-order valence-electron chi connectivity index (χ1n) is 3.39. The molecule has 1 atom stereocenters. The van der Waals surface area contributed by atoms with Gasteiger partial charge < -0.3 is 10.2 Å². The molecule has 1 aromatic rings. The number of hydrogen-bond acceptors (Lipinski definition) is 3. The molecule has 2 N–H and O–H groups in total. The normalized spacial score (nSPS) is 13.2. The van der Waals surface area contributed by atoms with Crippen LogP contribution >= 0.6 is 0 Å². The number of rotatable bonds is 4. The smallest absolute Gasteiger partial charge is 0.0943 e. The minimum Gasteiger partial charge on any atom is -0.472 e. The van der Waals surface area contributed by atoms with Crippen LogP contribution in [0, 0.1) is 0 Å². The van der Waals surface area contributed by atoms with E-state index in [1.54, 1.807) is 12.5 Å². The zero-order valence-corrected chi connectivity index (χ0v) is 6.97. The van der Waals surface area contributed by atoms with Crippen LogP contribution in [0.5, 0.6) is 0 Å². The van der Waals surface area contributed by atoms with Crippen LogP contribution in [-0.2, 0) is 16.6 Å². The highest BCUT2D eigenvalue weighted by molar-refractivity contribution is 7.84. The van der Waals surface area contributed by atoms with Crippen molar-refractivity contribution in [2.45, 2.75) is 5.75 Å². The molecule has 1 unspecified atom stereocenters. The van der Waals surface area contributed by atoms with Crippen molar-refractivity contribution in [2.24, 2.45) is 5.73 Å². The average molecular weight is 173 g/mol. The first kappa shape index (κ1) is 8.49. The SMILES string of the molecule is NCCS(=O)Cc1ccoc1. The molecule has 0 fully saturated rings. The van der Waals surface area contributed by atoms with Crippen molar-refractivity contribution < 1.29 is 8.63 Å². The van der Waals surface area contributed by atoms with Crippen molar-refractivity contribution in [3.63, 3.8) is 0 Å². The summed E-state index contributed by atoms with van der Waals surface area (Å²) < 4.78 is 15.9. The zero-order valence-electron chi connectivity index (χ0n) is 6.16. The summed E-state index contributed by atoms with van der Waals surface area (Å²) in [4.78, 5) is 0. The van der Waals surface area contributed by atoms with Crippen LogP contribution in [0.15, 0.2) is 23.0 Å². The van der Waals surface area contributed by atoms with Crippen LogP contribution in [0.3, 0.4) is 0 Å². The van der Waals surface area contributed by atoms with E-state index in [1.807, 2.05) is 6.07 Å². The largest absolute Gasteiger partial charge is 0.472 e. The topological polar surface area (TPSA) is 56.2 Å². The Hall–Kier alpha value is -0.610. The molecule has 0 aliphatic heterocycles. The lowest BCUT2D eigenvalue weighted by Gasteiger charge is -1.95. The summed E-state index contributed by atoms with van der Waals surface area (Å²) in [5, 5.41) is 0. The molecule has 0 radical (unpaired) electrons. The first-order valence-corrected chi connectivity index (χ1v) is 4.88. The molecule has 11 heavy (non-hydrogen) atoms. The molecule has 0 bridgehead atoms. The van der Waals surface area contributed by atoms with Crippen LogP contribution < -0.4 is 5.73 Å². The van der Waals surface area contributed by atoms with E-state index in [2.05, 4.69) is 0 Å². The van der Waals surface area contributed by atoms with E-state index in [1.165, 1.54) is 0 Å². The van der Waals surface area contributed by atoms with Crippen molar-refractivity contribution in [3.05, 3.63) is 24.2 Å². The third-order valence-electron chi connectivity index (χ3n) is 1.25. The molecule has 0 aliphatic carbocycles. The van der Waals surface area contributed by atoms with Crippen LogP contribution in [0.25, 0.3) is 0 Å². The van der Waals surface area contributed by atoms with Gasteiger partial charge in [0.2, 0.25) is 0 Å². The second-order valence-corrected chi connectivity index (χ2v) is 3.79. The van der Waals surface area contributed by atoms with Gasteiger partial charge in [-0.25, -0.2) is 0 Å². The number of nitrogens with two attached hydrogens (primary N) is 1. The molecule has 0 saturated heterocycles. The minimum absolute atomic E-state index is 0.477. The van der Waals surface area contributed by atoms with E-state index >= 15 is 0 Å². The first-order chi connectivity index (χ1) is 5.33. The van der Waals surface area contributed by atoms with Crippen LogP contribution in [0.2, 0.25) is 0 Å². The van der Waals surface area contributed by atoms with Crippen LogP contribution in [-0.4, -0.2) is 16.5 Å². The Morgan fingerprint density at radius 3 is 3.00 bits per heavy atom. The predicted molar refractivity (Wildman–Crippen MR) is 44.5 cm³/mol. The Balaban J connectivity index is 2.37. The lowest BCUT2D eigenvalue weighted by molar-refractivity contribution is 0.565. The Morgan fingerprint density at radius 2 is 2.45 bits per heavy atom. The van der Waals surface area contributed by atoms with Crippen molar-refractivity contribution in [2.75, 3.05) is 12.3 Å². The highest BCUT2D eigenvalue weighted by Crippen LogP contribution is 2.03. The second-order valence-electron chi connectivity index (χ2n) is 2.21. The van der Waals surface area contributed by atoms with E-state index in [4.69, 9.17) is 10.2 Å². The maximum Gasteiger partial charge on any atom is 0.0943 e. The van der Waals surface area contributed by atoms with Gasteiger partial charge in [0.05, 0.1) is 18.3 Å². The Kier molecular flexibility index (Phi) is 3.32. The number of hydrogen-bond donors (Lipinski definition) is 1. The molecule has 0 aromatic carbocycles. The highest BCUT2D eigenvalue weighted by atomic mass is 32.2. The monoisotopic (exact) mass is 173 g/mol. The van der Waals surface area contributed by atoms with Crippen molar-refractivity contribution in [3.8, 4) is 0 Å². The molecule has 1 heterocycles. The average Bonchev–Trinajstić information content (AvgIpc) is 2.40. The van der Waals surface area contributed by atoms with Gasteiger partial charge in [-0.3, -0.25) is 4.21 Å². The van der Waals surface area contributed by atoms with Gasteiger partial charge in [0.1, 0.15) is 0 Å². The molecule has 1 rings (SSSR count). The quantitative estimate of drug-likeness (QED) is 0.720. The van der Waals surface area contributed by atoms with Gasteiger partial charge in [-0.15, -0.1) is 0 Å². The molecule has 0 saturated carbocycles. The maximum absolute atomic E-state index is 11.1. The van der Waals surface area contributed by atoms with E-state index in [0.717, 1.165) is 5.56 Å². The molecule has 1 aromatic heterocycles. The number of furan rings is 1. The Morgan fingerprint density at radius 1 is 1.64 bits per heavy atom. The Labute approximate surface area is 68.0 Å². The van der Waals surface area contributed by atoms with E-state index < -0.39 is 10.8 Å². The third-order valence-corrected chi connectivity index (χ3v) is 2.60. The molecule has 0 aliphatic rings. The molecular weight excluding hydrogens is 162 g/mol. The van der Waals surface area contributed by atoms with Gasteiger partial charge in [-0.1, -0.05) is 0 Å². The molecule has 3 nitrogen and oxygen atoms in total. The second kappa shape index (κ2) is 4.31. The summed E-state index contributed by atoms with van der Waals surface area (Å²) >= 11 is 0. The summed E-state index contributed by atoms with van der Waals surface area (Å²) in [5.74, 6) is 1.11. The molecule has 4 heteroatoms. The highest BCUT2D eigenvalue weighted by Gasteiger charge is 2.00. The summed E-state index contributed by atoms with van der Waals surface area (Å²) in [5.41, 5.74) is 6.21. The minimum atomic E-state index is -0.834. The fraction of sp³-hybridized carbons (Fsp3) is 0.429. The maximum atomic E-state index is 11.1. The van der Waals surface area contributed by atoms with Crippen molar-refractivity contribution in [1.29, 1.82) is 0 Å². The Bertz CT molecular complexity index is 220. The molecular formula is C7H11NO2S. The van der Waals surface area contributed by atoms with E-state index in [-0.39, 0.29) is 0 Å². The van der Waals surface area contributed by atoms with Gasteiger partial charge in [0.15, 0.2) is 0 Å². The predicted octanol–water partition coefficient (Wildman–Crippen LogP) is 0.487. The molecule has 0 amide bonds. The zero-order chi connectivity index (χ0) is 8.10. The fourth-order valence-corrected chi connectivity index (χ4v) is 1.71. The summed E-state index contributed by atoms with van der Waals surface area (Å²) in [6, 6.07) is 1.81. The lowest BCUT2D eigenvalue weighted by Crippen LogP contribution is -2.11. The van der Waals surface area contributed by atoms with Crippen LogP contribution in [0.1, 0.15) is 5.56 Å². The summed E-state index contributed by atoms with van der Waals surface area (Å²) in [6.07, 6.45) is 3.18. The standard InChI is InChI=1S/C7H11NO2S/c8-2-4-11(9)6-7-1-3-10-5-7/h1,3,5H,2,4,6,8H2. The van der Waals surface area contributed by atoms with Gasteiger partial charge in [0.25, 0.3) is 0 Å². The van der Waals surface area contributed by atoms with Gasteiger partial charge in [-0.05, 0) is 6.07 Å². The molecule has 62 valence electrons. The van der Waals surface area contributed by atoms with Gasteiger partial charge in [0, 0.05) is 28.7 Å².